The zero-order valence-corrected chi connectivity index (χ0v) is 13.4. The van der Waals surface area contributed by atoms with Crippen LogP contribution in [-0.2, 0) is 4.84 Å². The Morgan fingerprint density at radius 1 is 0.909 bits per heavy atom. The standard InChI is InChI=1S/C16H10Cl3NO2/c17-13-5-1-11(2-6-13)15(19)9-10-20-22-16(21)12-3-7-14(18)8-4-12/h1-10H/b15-9+,20-10+. The van der Waals surface area contributed by atoms with E-state index in [-0.39, 0.29) is 0 Å². The third-order valence-corrected chi connectivity index (χ3v) is 3.47. The van der Waals surface area contributed by atoms with E-state index in [1.807, 2.05) is 0 Å². The molecule has 6 heteroatoms. The zero-order chi connectivity index (χ0) is 15.9. The first-order valence-corrected chi connectivity index (χ1v) is 7.31. The van der Waals surface area contributed by atoms with Crippen molar-refractivity contribution in [3.8, 4) is 0 Å². The predicted octanol–water partition coefficient (Wildman–Crippen LogP) is 5.42. The lowest BCUT2D eigenvalue weighted by atomic mass is 10.2. The van der Waals surface area contributed by atoms with Crippen LogP contribution in [0.5, 0.6) is 0 Å². The van der Waals surface area contributed by atoms with E-state index in [4.69, 9.17) is 39.6 Å². The van der Waals surface area contributed by atoms with Gasteiger partial charge in [-0.3, -0.25) is 0 Å². The molecule has 0 unspecified atom stereocenters. The molecule has 2 aromatic carbocycles. The number of nitrogens with zero attached hydrogens (tertiary/aromatic N) is 1. The fraction of sp³-hybridized carbons (Fsp3) is 0. The molecule has 0 aliphatic carbocycles. The average molecular weight is 355 g/mol. The highest BCUT2D eigenvalue weighted by Crippen LogP contribution is 2.20. The minimum Gasteiger partial charge on any atom is -0.313 e. The predicted molar refractivity (Wildman–Crippen MR) is 90.6 cm³/mol. The summed E-state index contributed by atoms with van der Waals surface area (Å²) >= 11 is 17.6. The Morgan fingerprint density at radius 2 is 1.41 bits per heavy atom. The number of halogens is 3. The molecule has 0 bridgehead atoms. The first-order chi connectivity index (χ1) is 10.6. The summed E-state index contributed by atoms with van der Waals surface area (Å²) in [7, 11) is 0. The summed E-state index contributed by atoms with van der Waals surface area (Å²) in [4.78, 5) is 16.4. The molecule has 0 saturated carbocycles. The molecule has 0 fully saturated rings. The van der Waals surface area contributed by atoms with E-state index < -0.39 is 5.97 Å². The van der Waals surface area contributed by atoms with E-state index in [0.29, 0.717) is 20.6 Å². The maximum atomic E-state index is 11.7. The molecule has 2 rings (SSSR count). The second-order valence-electron chi connectivity index (χ2n) is 4.16. The van der Waals surface area contributed by atoms with Gasteiger partial charge in [-0.2, -0.15) is 0 Å². The number of benzene rings is 2. The minimum atomic E-state index is -0.580. The summed E-state index contributed by atoms with van der Waals surface area (Å²) in [5, 5.41) is 5.17. The fourth-order valence-corrected chi connectivity index (χ4v) is 1.95. The Hall–Kier alpha value is -1.81. The molecule has 0 aliphatic heterocycles. The number of allylic oxidation sites excluding steroid dienone is 1. The molecule has 0 aromatic heterocycles. The van der Waals surface area contributed by atoms with E-state index in [2.05, 4.69) is 5.16 Å². The monoisotopic (exact) mass is 353 g/mol. The van der Waals surface area contributed by atoms with E-state index >= 15 is 0 Å². The lowest BCUT2D eigenvalue weighted by Gasteiger charge is -1.98. The third-order valence-electron chi connectivity index (χ3n) is 2.62. The SMILES string of the molecule is O=C(O/N=C/C=C(/Cl)c1ccc(Cl)cc1)c1ccc(Cl)cc1. The van der Waals surface area contributed by atoms with Crippen molar-refractivity contribution in [2.24, 2.45) is 5.16 Å². The van der Waals surface area contributed by atoms with Gasteiger partial charge in [-0.1, -0.05) is 52.1 Å². The number of hydrogen-bond donors (Lipinski definition) is 0. The highest BCUT2D eigenvalue weighted by molar-refractivity contribution is 6.49. The molecule has 112 valence electrons. The Morgan fingerprint density at radius 3 is 1.95 bits per heavy atom. The van der Waals surface area contributed by atoms with Crippen molar-refractivity contribution < 1.29 is 9.63 Å². The summed E-state index contributed by atoms with van der Waals surface area (Å²) < 4.78 is 0. The van der Waals surface area contributed by atoms with Crippen molar-refractivity contribution in [2.45, 2.75) is 0 Å². The van der Waals surface area contributed by atoms with Crippen molar-refractivity contribution in [3.63, 3.8) is 0 Å². The van der Waals surface area contributed by atoms with Crippen LogP contribution in [0, 0.1) is 0 Å². The molecule has 22 heavy (non-hydrogen) atoms. The lowest BCUT2D eigenvalue weighted by Crippen LogP contribution is -2.00. The number of oxime groups is 1. The summed E-state index contributed by atoms with van der Waals surface area (Å²) in [6, 6.07) is 13.3. The molecule has 0 saturated heterocycles. The van der Waals surface area contributed by atoms with Crippen LogP contribution in [0.1, 0.15) is 15.9 Å². The van der Waals surface area contributed by atoms with Crippen molar-refractivity contribution in [1.82, 2.24) is 0 Å². The molecule has 0 atom stereocenters. The molecular weight excluding hydrogens is 345 g/mol. The summed E-state index contributed by atoms with van der Waals surface area (Å²) in [5.41, 5.74) is 1.14. The van der Waals surface area contributed by atoms with Crippen molar-refractivity contribution in [1.29, 1.82) is 0 Å². The second kappa shape index (κ2) is 7.99. The number of hydrogen-bond acceptors (Lipinski definition) is 3. The van der Waals surface area contributed by atoms with Crippen molar-refractivity contribution in [2.75, 3.05) is 0 Å². The topological polar surface area (TPSA) is 38.7 Å². The Bertz CT molecular complexity index is 707. The van der Waals surface area contributed by atoms with Crippen molar-refractivity contribution >= 4 is 52.0 Å². The van der Waals surface area contributed by atoms with Crippen LogP contribution >= 0.6 is 34.8 Å². The molecule has 0 heterocycles. The maximum absolute atomic E-state index is 11.7. The van der Waals surface area contributed by atoms with Crippen LogP contribution in [0.15, 0.2) is 59.8 Å². The normalized spacial score (nSPS) is 11.7. The van der Waals surface area contributed by atoms with E-state index in [9.17, 15) is 4.79 Å². The molecule has 0 amide bonds. The molecular formula is C16H10Cl3NO2. The van der Waals surface area contributed by atoms with Gasteiger partial charge in [0.25, 0.3) is 0 Å². The van der Waals surface area contributed by atoms with Crippen LogP contribution in [0.4, 0.5) is 0 Å². The maximum Gasteiger partial charge on any atom is 0.365 e. The largest absolute Gasteiger partial charge is 0.365 e. The van der Waals surface area contributed by atoms with Gasteiger partial charge in [0.1, 0.15) is 0 Å². The summed E-state index contributed by atoms with van der Waals surface area (Å²) in [6.45, 7) is 0. The third kappa shape index (κ3) is 4.88. The molecule has 0 aliphatic rings. The Kier molecular flexibility index (Phi) is 6.01. The number of carbonyl (C=O) groups excluding carboxylic acids is 1. The average Bonchev–Trinajstić information content (AvgIpc) is 2.52. The highest BCUT2D eigenvalue weighted by Gasteiger charge is 2.05. The van der Waals surface area contributed by atoms with Gasteiger partial charge in [-0.25, -0.2) is 4.79 Å². The zero-order valence-electron chi connectivity index (χ0n) is 11.2. The lowest BCUT2D eigenvalue weighted by molar-refractivity contribution is 0.0519. The highest BCUT2D eigenvalue weighted by atomic mass is 35.5. The van der Waals surface area contributed by atoms with Crippen LogP contribution < -0.4 is 0 Å². The van der Waals surface area contributed by atoms with Crippen molar-refractivity contribution in [3.05, 3.63) is 75.8 Å². The summed E-state index contributed by atoms with van der Waals surface area (Å²) in [5.74, 6) is -0.580. The van der Waals surface area contributed by atoms with Gasteiger partial charge in [0.05, 0.1) is 11.8 Å². The molecule has 0 radical (unpaired) electrons. The molecule has 2 aromatic rings. The van der Waals surface area contributed by atoms with E-state index in [1.54, 1.807) is 48.5 Å². The fourth-order valence-electron chi connectivity index (χ4n) is 1.52. The van der Waals surface area contributed by atoms with Gasteiger partial charge in [-0.15, -0.1) is 0 Å². The number of carbonyl (C=O) groups is 1. The van der Waals surface area contributed by atoms with Gasteiger partial charge in [0, 0.05) is 15.1 Å². The molecule has 0 N–H and O–H groups in total. The van der Waals surface area contributed by atoms with Gasteiger partial charge in [0.15, 0.2) is 0 Å². The van der Waals surface area contributed by atoms with Gasteiger partial charge in [-0.05, 0) is 48.0 Å². The first-order valence-electron chi connectivity index (χ1n) is 6.18. The quantitative estimate of drug-likeness (QED) is 0.418. The molecule has 3 nitrogen and oxygen atoms in total. The van der Waals surface area contributed by atoms with E-state index in [1.165, 1.54) is 12.3 Å². The van der Waals surface area contributed by atoms with Gasteiger partial charge < -0.3 is 4.84 Å². The first kappa shape index (κ1) is 16.6. The summed E-state index contributed by atoms with van der Waals surface area (Å²) in [6.07, 6.45) is 2.81. The smallest absolute Gasteiger partial charge is 0.313 e. The van der Waals surface area contributed by atoms with E-state index in [0.717, 1.165) is 5.56 Å². The van der Waals surface area contributed by atoms with Crippen LogP contribution in [0.3, 0.4) is 0 Å². The Balaban J connectivity index is 1.94. The van der Waals surface area contributed by atoms with Crippen LogP contribution in [0.2, 0.25) is 10.0 Å². The van der Waals surface area contributed by atoms with Crippen LogP contribution in [-0.4, -0.2) is 12.2 Å². The van der Waals surface area contributed by atoms with Gasteiger partial charge in [0.2, 0.25) is 0 Å². The Labute approximate surface area is 142 Å². The minimum absolute atomic E-state index is 0.356. The van der Waals surface area contributed by atoms with Gasteiger partial charge >= 0.3 is 5.97 Å². The second-order valence-corrected chi connectivity index (χ2v) is 5.44. The number of rotatable bonds is 4. The molecule has 0 spiro atoms. The van der Waals surface area contributed by atoms with Crippen LogP contribution in [0.25, 0.3) is 5.03 Å².